The molecule has 5 N–H and O–H groups in total. The third kappa shape index (κ3) is 6.39. The molecular weight excluding hydrogens is 616 g/mol. The van der Waals surface area contributed by atoms with Crippen LogP contribution >= 0.6 is 33.9 Å². The highest BCUT2D eigenvalue weighted by molar-refractivity contribution is 14.1. The zero-order valence-electron chi connectivity index (χ0n) is 19.2. The largest absolute Gasteiger partial charge is 0.493 e. The number of ether oxygens (including phenoxy) is 1. The summed E-state index contributed by atoms with van der Waals surface area (Å²) >= 11 is 3.35. The number of nitrogens with one attached hydrogen (secondary N) is 2. The van der Waals surface area contributed by atoms with Crippen molar-refractivity contribution >= 4 is 45.5 Å². The van der Waals surface area contributed by atoms with E-state index in [2.05, 4.69) is 10.3 Å². The van der Waals surface area contributed by atoms with E-state index in [1.54, 1.807) is 36.4 Å². The van der Waals surface area contributed by atoms with Gasteiger partial charge in [0.2, 0.25) is 11.8 Å². The summed E-state index contributed by atoms with van der Waals surface area (Å²) in [7, 11) is 0. The van der Waals surface area contributed by atoms with Gasteiger partial charge in [0, 0.05) is 20.4 Å². The second kappa shape index (κ2) is 11.9. The molecule has 2 aromatic heterocycles. The van der Waals surface area contributed by atoms with Crippen LogP contribution in [0.3, 0.4) is 0 Å². The molecule has 2 atom stereocenters. The fourth-order valence-corrected chi connectivity index (χ4v) is 4.82. The van der Waals surface area contributed by atoms with Crippen LogP contribution in [0.5, 0.6) is 11.6 Å². The van der Waals surface area contributed by atoms with E-state index >= 15 is 0 Å². The Balaban J connectivity index is 1.64. The number of amides is 1. The quantitative estimate of drug-likeness (QED) is 0.169. The molecule has 9 nitrogen and oxygen atoms in total. The average molecular weight is 639 g/mol. The maximum atomic E-state index is 14.4. The average Bonchev–Trinajstić information content (AvgIpc) is 3.50. The fourth-order valence-electron chi connectivity index (χ4n) is 3.62. The van der Waals surface area contributed by atoms with Gasteiger partial charge in [0.25, 0.3) is 0 Å². The van der Waals surface area contributed by atoms with Crippen LogP contribution in [0, 0.1) is 9.39 Å². The summed E-state index contributed by atoms with van der Waals surface area (Å²) in [4.78, 5) is 29.7. The first-order valence-electron chi connectivity index (χ1n) is 11.1. The normalized spacial score (nSPS) is 12.8. The molecule has 0 aliphatic heterocycles. The van der Waals surface area contributed by atoms with E-state index in [0.717, 1.165) is 9.44 Å². The van der Waals surface area contributed by atoms with Gasteiger partial charge >= 0.3 is 5.69 Å². The Morgan fingerprint density at radius 1 is 1.22 bits per heavy atom. The second-order valence-corrected chi connectivity index (χ2v) is 10.4. The Morgan fingerprint density at radius 2 is 1.97 bits per heavy atom. The van der Waals surface area contributed by atoms with Crippen molar-refractivity contribution in [2.75, 3.05) is 18.5 Å². The minimum atomic E-state index is -1.17. The van der Waals surface area contributed by atoms with Crippen molar-refractivity contribution in [1.82, 2.24) is 9.55 Å². The zero-order valence-corrected chi connectivity index (χ0v) is 22.2. The number of halogens is 2. The SMILES string of the molecule is O=C(Nc1ccc(I)cc1F)[C@H](Cc1cccs1)n1c(O)c(-c2ccc(OC[C@H](O)CO)cc2)[nH]c1=O. The molecule has 0 saturated heterocycles. The lowest BCUT2D eigenvalue weighted by Crippen LogP contribution is -2.33. The number of rotatable bonds is 10. The van der Waals surface area contributed by atoms with E-state index in [1.807, 2.05) is 34.0 Å². The van der Waals surface area contributed by atoms with Crippen LogP contribution in [0.15, 0.2) is 64.8 Å². The van der Waals surface area contributed by atoms with E-state index < -0.39 is 42.0 Å². The van der Waals surface area contributed by atoms with Crippen molar-refractivity contribution < 1.29 is 29.2 Å². The smallest absolute Gasteiger partial charge is 0.329 e. The van der Waals surface area contributed by atoms with Crippen LogP contribution in [0.25, 0.3) is 11.3 Å². The third-order valence-electron chi connectivity index (χ3n) is 5.48. The van der Waals surface area contributed by atoms with Crippen LogP contribution in [0.1, 0.15) is 10.9 Å². The molecule has 4 aromatic rings. The summed E-state index contributed by atoms with van der Waals surface area (Å²) in [5, 5.41) is 33.7. The topological polar surface area (TPSA) is 137 Å². The minimum Gasteiger partial charge on any atom is -0.493 e. The maximum absolute atomic E-state index is 14.4. The number of carbonyl (C=O) groups is 1. The number of aliphatic hydroxyl groups is 2. The Labute approximate surface area is 228 Å². The van der Waals surface area contributed by atoms with Crippen molar-refractivity contribution in [3.05, 3.63) is 84.7 Å². The van der Waals surface area contributed by atoms with Gasteiger partial charge in [-0.3, -0.25) is 4.79 Å². The lowest BCUT2D eigenvalue weighted by atomic mass is 10.1. The molecule has 2 aromatic carbocycles. The summed E-state index contributed by atoms with van der Waals surface area (Å²) < 4.78 is 21.4. The van der Waals surface area contributed by atoms with Gasteiger partial charge in [-0.15, -0.1) is 11.3 Å². The second-order valence-electron chi connectivity index (χ2n) is 8.08. The van der Waals surface area contributed by atoms with E-state index in [-0.39, 0.29) is 24.4 Å². The summed E-state index contributed by atoms with van der Waals surface area (Å²) in [6.45, 7) is -0.536. The molecule has 37 heavy (non-hydrogen) atoms. The van der Waals surface area contributed by atoms with Gasteiger partial charge in [-0.05, 0) is 76.5 Å². The molecule has 0 aliphatic carbocycles. The van der Waals surface area contributed by atoms with Crippen molar-refractivity contribution in [2.24, 2.45) is 0 Å². The van der Waals surface area contributed by atoms with Crippen molar-refractivity contribution in [3.63, 3.8) is 0 Å². The van der Waals surface area contributed by atoms with Gasteiger partial charge in [0.1, 0.15) is 36.0 Å². The maximum Gasteiger partial charge on any atom is 0.329 e. The van der Waals surface area contributed by atoms with Crippen molar-refractivity contribution in [1.29, 1.82) is 0 Å². The van der Waals surface area contributed by atoms with Crippen LogP contribution in [0.2, 0.25) is 0 Å². The molecule has 0 bridgehead atoms. The Morgan fingerprint density at radius 3 is 2.62 bits per heavy atom. The number of anilines is 1. The summed E-state index contributed by atoms with van der Waals surface area (Å²) in [5.41, 5.74) is -0.204. The molecule has 0 aliphatic rings. The number of nitrogens with zero attached hydrogens (tertiary/aromatic N) is 1. The molecule has 0 unspecified atom stereocenters. The monoisotopic (exact) mass is 639 g/mol. The highest BCUT2D eigenvalue weighted by Crippen LogP contribution is 2.31. The molecule has 194 valence electrons. The number of thiophene rings is 1. The Kier molecular flexibility index (Phi) is 8.63. The number of aromatic nitrogens is 2. The molecule has 2 heterocycles. The highest BCUT2D eigenvalue weighted by atomic mass is 127. The van der Waals surface area contributed by atoms with Gasteiger partial charge in [-0.2, -0.15) is 0 Å². The molecular formula is C25H23FIN3O6S. The molecule has 0 fully saturated rings. The highest BCUT2D eigenvalue weighted by Gasteiger charge is 2.29. The molecule has 0 spiro atoms. The van der Waals surface area contributed by atoms with Gasteiger partial charge in [0.05, 0.1) is 12.3 Å². The first-order chi connectivity index (χ1) is 17.8. The minimum absolute atomic E-state index is 0.0354. The fraction of sp³-hybridized carbons (Fsp3) is 0.200. The number of carbonyl (C=O) groups excluding carboxylic acids is 1. The molecule has 12 heteroatoms. The van der Waals surface area contributed by atoms with Crippen LogP contribution < -0.4 is 15.7 Å². The number of hydrogen-bond donors (Lipinski definition) is 5. The summed E-state index contributed by atoms with van der Waals surface area (Å²) in [6, 6.07) is 13.1. The standard InChI is InChI=1S/C25H23FIN3O6S/c26-19-10-15(27)5-8-20(19)28-23(33)21(11-18-2-1-9-37-18)30-24(34)22(29-25(30)35)14-3-6-17(7-4-14)36-13-16(32)12-31/h1-10,16,21,31-32,34H,11-13H2,(H,28,33)(H,29,35)/t16-,21+/m1/s1. The van der Waals surface area contributed by atoms with Crippen molar-refractivity contribution in [3.8, 4) is 22.9 Å². The first-order valence-corrected chi connectivity index (χ1v) is 13.1. The number of hydrogen-bond acceptors (Lipinski definition) is 7. The van der Waals surface area contributed by atoms with Crippen LogP contribution in [-0.2, 0) is 11.2 Å². The number of H-pyrrole nitrogens is 1. The number of imidazole rings is 1. The van der Waals surface area contributed by atoms with Crippen LogP contribution in [-0.4, -0.2) is 50.1 Å². The number of aromatic amines is 1. The van der Waals surface area contributed by atoms with Crippen LogP contribution in [0.4, 0.5) is 10.1 Å². The third-order valence-corrected chi connectivity index (χ3v) is 7.05. The zero-order chi connectivity index (χ0) is 26.5. The molecule has 4 rings (SSSR count). The lowest BCUT2D eigenvalue weighted by molar-refractivity contribution is -0.119. The predicted molar refractivity (Wildman–Crippen MR) is 146 cm³/mol. The molecule has 0 saturated carbocycles. The van der Waals surface area contributed by atoms with E-state index in [0.29, 0.717) is 14.9 Å². The molecule has 0 radical (unpaired) electrons. The van der Waals surface area contributed by atoms with E-state index in [1.165, 1.54) is 23.5 Å². The Bertz CT molecular complexity index is 1420. The van der Waals surface area contributed by atoms with Gasteiger partial charge < -0.3 is 30.4 Å². The summed E-state index contributed by atoms with van der Waals surface area (Å²) in [5.74, 6) is -1.32. The van der Waals surface area contributed by atoms with Crippen molar-refractivity contribution in [2.45, 2.75) is 18.6 Å². The number of aliphatic hydroxyl groups excluding tert-OH is 2. The lowest BCUT2D eigenvalue weighted by Gasteiger charge is -2.18. The first kappa shape index (κ1) is 26.9. The summed E-state index contributed by atoms with van der Waals surface area (Å²) in [6.07, 6.45) is -0.922. The predicted octanol–water partition coefficient (Wildman–Crippen LogP) is 3.51. The van der Waals surface area contributed by atoms with Gasteiger partial charge in [0.15, 0.2) is 0 Å². The Hall–Kier alpha value is -3.20. The van der Waals surface area contributed by atoms with E-state index in [9.17, 15) is 24.2 Å². The number of aromatic hydroxyl groups is 1. The van der Waals surface area contributed by atoms with E-state index in [4.69, 9.17) is 9.84 Å². The molecule has 1 amide bonds. The van der Waals surface area contributed by atoms with Gasteiger partial charge in [-0.25, -0.2) is 13.8 Å². The van der Waals surface area contributed by atoms with Gasteiger partial charge in [-0.1, -0.05) is 6.07 Å². The number of benzene rings is 2.